The van der Waals surface area contributed by atoms with Crippen molar-refractivity contribution in [2.24, 2.45) is 0 Å². The molecule has 20 nitrogen and oxygen atoms in total. The second-order valence-corrected chi connectivity index (χ2v) is 44.4. The van der Waals surface area contributed by atoms with E-state index in [1.807, 2.05) is 41.4 Å². The predicted octanol–water partition coefficient (Wildman–Crippen LogP) is 17.9. The van der Waals surface area contributed by atoms with Crippen molar-refractivity contribution in [3.63, 3.8) is 0 Å². The van der Waals surface area contributed by atoms with E-state index in [1.165, 1.54) is 267 Å². The number of aromatic nitrogens is 3. The van der Waals surface area contributed by atoms with Gasteiger partial charge in [-0.3, -0.25) is 4.90 Å². The van der Waals surface area contributed by atoms with Gasteiger partial charge in [-0.2, -0.15) is 0 Å². The molecule has 3 saturated carbocycles. The molecule has 8 saturated heterocycles. The summed E-state index contributed by atoms with van der Waals surface area (Å²) >= 11 is 5.33. The molecule has 23 heteroatoms. The molecule has 3 aliphatic carbocycles. The fourth-order valence-electron chi connectivity index (χ4n) is 20.7. The van der Waals surface area contributed by atoms with Crippen molar-refractivity contribution in [3.05, 3.63) is 65.1 Å². The number of hydrogen-bond donors (Lipinski definition) is 8. The monoisotopic (exact) mass is 1770 g/mol. The summed E-state index contributed by atoms with van der Waals surface area (Å²) in [6, 6.07) is 22.6. The minimum Gasteiger partial charge on any atom is -0.363 e. The van der Waals surface area contributed by atoms with Gasteiger partial charge in [-0.15, -0.1) is 34.0 Å². The fraction of sp³-hybridized carbons (Fsp3) is 0.850. The van der Waals surface area contributed by atoms with Crippen LogP contribution in [0.5, 0.6) is 0 Å². The third kappa shape index (κ3) is 41.8. The summed E-state index contributed by atoms with van der Waals surface area (Å²) in [6.07, 6.45) is 42.7. The van der Waals surface area contributed by atoms with E-state index in [9.17, 15) is 0 Å². The smallest absolute Gasteiger partial charge is 0.185 e. The topological polar surface area (TPSA) is 164 Å². The Hall–Kier alpha value is -3.21. The quantitative estimate of drug-likeness (QED) is 0.0316. The average molecular weight is 1770 g/mol. The molecule has 0 radical (unpaired) electrons. The molecule has 0 unspecified atom stereocenters. The summed E-state index contributed by atoms with van der Waals surface area (Å²) in [6.45, 7) is 65.7. The van der Waals surface area contributed by atoms with Crippen LogP contribution in [0.2, 0.25) is 0 Å². The molecule has 12 heterocycles. The Morgan fingerprint density at radius 3 is 1.02 bits per heavy atom. The van der Waals surface area contributed by atoms with Crippen LogP contribution in [0.3, 0.4) is 0 Å². The van der Waals surface area contributed by atoms with E-state index < -0.39 is 0 Å². The van der Waals surface area contributed by atoms with Crippen LogP contribution in [0.4, 0.5) is 21.1 Å². The maximum Gasteiger partial charge on any atom is 0.185 e. The van der Waals surface area contributed by atoms with Gasteiger partial charge in [0.15, 0.2) is 10.3 Å². The van der Waals surface area contributed by atoms with Crippen LogP contribution in [-0.4, -0.2) is 285 Å². The number of piperazine rings is 1. The third-order valence-corrected chi connectivity index (χ3v) is 29.4. The number of hydrogen-bond acceptors (Lipinski definition) is 23. The van der Waals surface area contributed by atoms with E-state index in [1.54, 1.807) is 22.7 Å². The zero-order chi connectivity index (χ0) is 88.5. The Labute approximate surface area is 766 Å². The zero-order valence-corrected chi connectivity index (χ0v) is 84.7. The molecule has 706 valence electrons. The van der Waals surface area contributed by atoms with Crippen molar-refractivity contribution >= 4 is 55.1 Å². The molecule has 15 rings (SSSR count). The van der Waals surface area contributed by atoms with Crippen molar-refractivity contribution in [1.82, 2.24) is 82.0 Å². The van der Waals surface area contributed by atoms with E-state index in [0.717, 1.165) is 93.9 Å². The number of nitrogens with zero attached hydrogens (tertiary/aromatic N) is 12. The number of likely N-dealkylation sites (tertiary alicyclic amines) is 3. The second kappa shape index (κ2) is 57.2. The van der Waals surface area contributed by atoms with Gasteiger partial charge < -0.3 is 81.7 Å². The Morgan fingerprint density at radius 1 is 0.350 bits per heavy atom. The van der Waals surface area contributed by atoms with Crippen LogP contribution < -0.4 is 62.1 Å². The van der Waals surface area contributed by atoms with E-state index in [-0.39, 0.29) is 5.54 Å². The van der Waals surface area contributed by atoms with E-state index in [0.29, 0.717) is 66.0 Å². The van der Waals surface area contributed by atoms with Gasteiger partial charge in [0.05, 0.1) is 5.00 Å². The van der Waals surface area contributed by atoms with Crippen LogP contribution in [0.25, 0.3) is 0 Å². The summed E-state index contributed by atoms with van der Waals surface area (Å²) in [5.74, 6) is 1.12. The molecule has 0 spiro atoms. The molecule has 0 amide bonds. The van der Waals surface area contributed by atoms with Gasteiger partial charge in [0, 0.05) is 228 Å². The maximum atomic E-state index is 4.39. The van der Waals surface area contributed by atoms with Gasteiger partial charge in [-0.05, 0) is 225 Å². The Bertz CT molecular complexity index is 3050. The minimum absolute atomic E-state index is 0.226. The highest BCUT2D eigenvalue weighted by Crippen LogP contribution is 2.32. The summed E-state index contributed by atoms with van der Waals surface area (Å²) < 4.78 is 0. The summed E-state index contributed by atoms with van der Waals surface area (Å²) in [5, 5.41) is 39.2. The molecule has 11 aliphatic rings. The molecular formula is C100H188N20S3. The number of thiazole rings is 2. The van der Waals surface area contributed by atoms with Gasteiger partial charge in [0.25, 0.3) is 0 Å². The van der Waals surface area contributed by atoms with Gasteiger partial charge in [-0.1, -0.05) is 162 Å². The standard InChI is InChI=1S/2C14H28N2.C13H21N3.C12H21N3S.C12H27N3.C12H20N2S.C12H24N2.C11H19N3S/c2*1-12(2)15-13-8-10-16(11-9-13)14-6-4-3-5-7-14;1-11(2)15-12-6-9-16(10-7-12)13-5-3-4-8-14-13;1-10(2)14-12(3)4-7-15(8-5-12)11-13-6-9-16-11;1-11(2)13-12(3,4)10-15-8-6-14(5)7-9-15;1-10(2)13-11-5-7-14(8-6-11)12-4-3-9-15-12;1-10(2)13-11-6-8-14(9-7-11)12-4-3-5-12;1-9(2)13-10-3-6-14(7-4-10)11-12-5-8-15-11/h2*12-15H,3-11H2,1-2H3;3-5,8,11-12,15H,6-7,9-10H2,1-2H3;6,9-10,14H,4-5,7-8H2,1-3H3;11,13H,6-10H2,1-5H3;3-4,9-11,13H,5-8H2,1-2H3;10-13H,3-9H2,1-2H3;5,8-10,13H,3-4,6-7H2,1-2H3. The number of anilines is 4. The molecule has 8 aliphatic heterocycles. The fourth-order valence-corrected chi connectivity index (χ4v) is 22.9. The molecule has 8 N–H and O–H groups in total. The van der Waals surface area contributed by atoms with Crippen molar-refractivity contribution < 1.29 is 0 Å². The molecule has 0 aromatic carbocycles. The first-order valence-corrected chi connectivity index (χ1v) is 53.1. The van der Waals surface area contributed by atoms with Crippen LogP contribution >= 0.6 is 34.0 Å². The Balaban J connectivity index is 0.000000175. The molecule has 0 atom stereocenters. The average Bonchev–Trinajstić information content (AvgIpc) is 1.82. The lowest BCUT2D eigenvalue weighted by Crippen LogP contribution is -2.55. The van der Waals surface area contributed by atoms with Crippen LogP contribution in [0, 0.1) is 0 Å². The van der Waals surface area contributed by atoms with Crippen molar-refractivity contribution in [2.45, 2.75) is 419 Å². The van der Waals surface area contributed by atoms with Crippen molar-refractivity contribution in [3.8, 4) is 0 Å². The molecular weight excluding hydrogens is 1580 g/mol. The third-order valence-electron chi connectivity index (χ3n) is 26.8. The number of likely N-dealkylation sites (N-methyl/N-ethyl adjacent to an activating group) is 1. The van der Waals surface area contributed by atoms with Crippen LogP contribution in [-0.2, 0) is 0 Å². The number of rotatable bonds is 25. The SMILES string of the molecule is CC(C)NC(C)(C)CN1CCN(C)CC1.CC(C)NC1(C)CCN(c2nccs2)CC1.CC(C)NC1CCN(C2CCC2)CC1.CC(C)NC1CCN(C2CCCCC2)CC1.CC(C)NC1CCN(C2CCCCC2)CC1.CC(C)NC1CCN(c2ccccn2)CC1.CC(C)NC1CCN(c2cccs2)CC1.CC(C)NC1CCN(c2nccs2)CC1. The summed E-state index contributed by atoms with van der Waals surface area (Å²) in [5.41, 5.74) is 0.534. The molecule has 4 aromatic rings. The number of pyridine rings is 1. The summed E-state index contributed by atoms with van der Waals surface area (Å²) in [7, 11) is 2.20. The van der Waals surface area contributed by atoms with Crippen molar-refractivity contribution in [2.75, 3.05) is 151 Å². The Morgan fingerprint density at radius 2 is 0.707 bits per heavy atom. The number of thiophene rings is 1. The molecule has 123 heavy (non-hydrogen) atoms. The van der Waals surface area contributed by atoms with Gasteiger partial charge in [0.1, 0.15) is 5.82 Å². The van der Waals surface area contributed by atoms with Gasteiger partial charge >= 0.3 is 0 Å². The first-order chi connectivity index (χ1) is 59.0. The summed E-state index contributed by atoms with van der Waals surface area (Å²) in [4.78, 5) is 36.0. The van der Waals surface area contributed by atoms with E-state index >= 15 is 0 Å². The molecule has 0 bridgehead atoms. The maximum absolute atomic E-state index is 4.39. The van der Waals surface area contributed by atoms with Crippen molar-refractivity contribution in [1.29, 1.82) is 0 Å². The van der Waals surface area contributed by atoms with Crippen LogP contribution in [0.15, 0.2) is 65.1 Å². The van der Waals surface area contributed by atoms with Gasteiger partial charge in [0.2, 0.25) is 0 Å². The number of nitrogens with one attached hydrogen (secondary N) is 8. The highest BCUT2D eigenvalue weighted by molar-refractivity contribution is 7.14. The minimum atomic E-state index is 0.226. The van der Waals surface area contributed by atoms with Gasteiger partial charge in [-0.25, -0.2) is 15.0 Å². The first kappa shape index (κ1) is 105. The molecule has 11 fully saturated rings. The van der Waals surface area contributed by atoms with E-state index in [2.05, 4.69) is 275 Å². The second-order valence-electron chi connectivity index (χ2n) is 41.7. The van der Waals surface area contributed by atoms with Crippen LogP contribution in [0.1, 0.15) is 305 Å². The largest absolute Gasteiger partial charge is 0.363 e. The predicted molar refractivity (Wildman–Crippen MR) is 538 cm³/mol. The highest BCUT2D eigenvalue weighted by atomic mass is 32.1. The zero-order valence-electron chi connectivity index (χ0n) is 82.3. The Kier molecular flexibility index (Phi) is 48.9. The normalized spacial score (nSPS) is 22.1. The lowest BCUT2D eigenvalue weighted by atomic mass is 9.89. The molecule has 4 aromatic heterocycles. The highest BCUT2D eigenvalue weighted by Gasteiger charge is 2.34. The van der Waals surface area contributed by atoms with E-state index in [4.69, 9.17) is 0 Å². The lowest BCUT2D eigenvalue weighted by Gasteiger charge is -2.42. The first-order valence-electron chi connectivity index (χ1n) is 50.5. The number of piperidine rings is 7. The lowest BCUT2D eigenvalue weighted by molar-refractivity contribution is 0.0910.